The Labute approximate surface area is 142 Å². The SMILES string of the molecule is Cc1c(-c2cn3ncnc3c(C)c2C)c(C(C)C)n(C)c(=O)c1C. The van der Waals surface area contributed by atoms with Crippen LogP contribution >= 0.6 is 0 Å². The van der Waals surface area contributed by atoms with Crippen LogP contribution in [0, 0.1) is 27.7 Å². The van der Waals surface area contributed by atoms with Gasteiger partial charge in [0.1, 0.15) is 6.33 Å². The molecule has 0 bridgehead atoms. The maximum atomic E-state index is 12.6. The fraction of sp³-hybridized carbons (Fsp3) is 0.421. The van der Waals surface area contributed by atoms with Crippen LogP contribution < -0.4 is 5.56 Å². The Morgan fingerprint density at radius 3 is 2.29 bits per heavy atom. The van der Waals surface area contributed by atoms with Gasteiger partial charge in [-0.2, -0.15) is 5.10 Å². The summed E-state index contributed by atoms with van der Waals surface area (Å²) in [6.45, 7) is 12.4. The minimum Gasteiger partial charge on any atom is -0.315 e. The Hall–Kier alpha value is -2.43. The average Bonchev–Trinajstić information content (AvgIpc) is 3.00. The van der Waals surface area contributed by atoms with Crippen LogP contribution in [-0.2, 0) is 7.05 Å². The summed E-state index contributed by atoms with van der Waals surface area (Å²) in [6, 6.07) is 0. The van der Waals surface area contributed by atoms with Gasteiger partial charge in [0, 0.05) is 35.6 Å². The number of nitrogens with zero attached hydrogens (tertiary/aromatic N) is 4. The van der Waals surface area contributed by atoms with Gasteiger partial charge in [-0.05, 0) is 50.3 Å². The monoisotopic (exact) mass is 324 g/mol. The predicted molar refractivity (Wildman–Crippen MR) is 96.7 cm³/mol. The maximum absolute atomic E-state index is 12.6. The van der Waals surface area contributed by atoms with Crippen molar-refractivity contribution < 1.29 is 0 Å². The lowest BCUT2D eigenvalue weighted by Crippen LogP contribution is -2.26. The van der Waals surface area contributed by atoms with E-state index in [1.165, 1.54) is 5.56 Å². The van der Waals surface area contributed by atoms with E-state index in [1.54, 1.807) is 10.9 Å². The molecule has 5 nitrogen and oxygen atoms in total. The van der Waals surface area contributed by atoms with Crippen molar-refractivity contribution in [3.63, 3.8) is 0 Å². The Balaban J connectivity index is 2.51. The molecule has 0 unspecified atom stereocenters. The van der Waals surface area contributed by atoms with Gasteiger partial charge in [0.2, 0.25) is 0 Å². The number of hydrogen-bond acceptors (Lipinski definition) is 3. The summed E-state index contributed by atoms with van der Waals surface area (Å²) >= 11 is 0. The van der Waals surface area contributed by atoms with Crippen molar-refractivity contribution in [2.24, 2.45) is 7.05 Å². The van der Waals surface area contributed by atoms with E-state index < -0.39 is 0 Å². The first kappa shape index (κ1) is 16.4. The molecule has 0 saturated carbocycles. The van der Waals surface area contributed by atoms with Crippen molar-refractivity contribution in [1.82, 2.24) is 19.2 Å². The molecule has 5 heteroatoms. The third-order valence-corrected chi connectivity index (χ3v) is 5.12. The lowest BCUT2D eigenvalue weighted by atomic mass is 9.89. The Morgan fingerprint density at radius 2 is 1.67 bits per heavy atom. The second-order valence-corrected chi connectivity index (χ2v) is 6.85. The van der Waals surface area contributed by atoms with Gasteiger partial charge in [0.15, 0.2) is 5.65 Å². The van der Waals surface area contributed by atoms with Crippen LogP contribution in [-0.4, -0.2) is 19.2 Å². The van der Waals surface area contributed by atoms with E-state index in [0.717, 1.165) is 39.2 Å². The minimum absolute atomic E-state index is 0.0798. The molecule has 0 aliphatic carbocycles. The van der Waals surface area contributed by atoms with Gasteiger partial charge in [-0.15, -0.1) is 0 Å². The van der Waals surface area contributed by atoms with Crippen molar-refractivity contribution in [2.75, 3.05) is 0 Å². The van der Waals surface area contributed by atoms with E-state index in [1.807, 2.05) is 31.6 Å². The topological polar surface area (TPSA) is 52.2 Å². The highest BCUT2D eigenvalue weighted by Gasteiger charge is 2.21. The highest BCUT2D eigenvalue weighted by Crippen LogP contribution is 2.35. The lowest BCUT2D eigenvalue weighted by molar-refractivity contribution is 0.702. The normalized spacial score (nSPS) is 11.7. The first-order valence-corrected chi connectivity index (χ1v) is 8.25. The van der Waals surface area contributed by atoms with Crippen LogP contribution in [0.4, 0.5) is 0 Å². The summed E-state index contributed by atoms with van der Waals surface area (Å²) in [7, 11) is 1.86. The molecule has 0 radical (unpaired) electrons. The number of fused-ring (bicyclic) bond motifs is 1. The van der Waals surface area contributed by atoms with Crippen LogP contribution in [0.3, 0.4) is 0 Å². The van der Waals surface area contributed by atoms with Gasteiger partial charge in [0.05, 0.1) is 0 Å². The van der Waals surface area contributed by atoms with E-state index in [4.69, 9.17) is 0 Å². The third-order valence-electron chi connectivity index (χ3n) is 5.12. The third kappa shape index (κ3) is 2.19. The molecule has 0 aliphatic rings. The molecule has 0 saturated heterocycles. The van der Waals surface area contributed by atoms with Crippen molar-refractivity contribution in [1.29, 1.82) is 0 Å². The number of hydrogen-bond donors (Lipinski definition) is 0. The molecule has 0 fully saturated rings. The van der Waals surface area contributed by atoms with Gasteiger partial charge in [0.25, 0.3) is 5.56 Å². The van der Waals surface area contributed by atoms with E-state index in [0.29, 0.717) is 0 Å². The Bertz CT molecular complexity index is 1010. The van der Waals surface area contributed by atoms with Gasteiger partial charge < -0.3 is 4.57 Å². The lowest BCUT2D eigenvalue weighted by Gasteiger charge is -2.23. The van der Waals surface area contributed by atoms with E-state index in [-0.39, 0.29) is 11.5 Å². The van der Waals surface area contributed by atoms with Gasteiger partial charge >= 0.3 is 0 Å². The number of aromatic nitrogens is 4. The standard InChI is InChI=1S/C19H24N4O/c1-10(2)17-16(12(4)14(6)19(24)22(17)7)15-8-23-18(20-9-21-23)13(5)11(15)3/h8-10H,1-7H3. The predicted octanol–water partition coefficient (Wildman–Crippen LogP) is 3.45. The zero-order valence-corrected chi connectivity index (χ0v) is 15.4. The van der Waals surface area contributed by atoms with Gasteiger partial charge in [-0.3, -0.25) is 4.79 Å². The summed E-state index contributed by atoms with van der Waals surface area (Å²) in [6.07, 6.45) is 3.61. The molecule has 3 aromatic heterocycles. The van der Waals surface area contributed by atoms with Crippen LogP contribution in [0.1, 0.15) is 47.7 Å². The number of aryl methyl sites for hydroxylation is 1. The summed E-state index contributed by atoms with van der Waals surface area (Å²) in [5.41, 5.74) is 8.41. The summed E-state index contributed by atoms with van der Waals surface area (Å²) in [5.74, 6) is 0.239. The largest absolute Gasteiger partial charge is 0.315 e. The van der Waals surface area contributed by atoms with Crippen LogP contribution in [0.25, 0.3) is 16.8 Å². The second kappa shape index (κ2) is 5.58. The van der Waals surface area contributed by atoms with Crippen LogP contribution in [0.2, 0.25) is 0 Å². The van der Waals surface area contributed by atoms with E-state index in [9.17, 15) is 4.79 Å². The van der Waals surface area contributed by atoms with Crippen molar-refractivity contribution in [3.05, 3.63) is 50.8 Å². The summed E-state index contributed by atoms with van der Waals surface area (Å²) in [5, 5.41) is 4.31. The van der Waals surface area contributed by atoms with E-state index >= 15 is 0 Å². The molecule has 0 aliphatic heterocycles. The smallest absolute Gasteiger partial charge is 0.253 e. The molecule has 3 heterocycles. The quantitative estimate of drug-likeness (QED) is 0.725. The fourth-order valence-electron chi connectivity index (χ4n) is 3.54. The number of rotatable bonds is 2. The van der Waals surface area contributed by atoms with E-state index in [2.05, 4.69) is 37.8 Å². The maximum Gasteiger partial charge on any atom is 0.253 e. The van der Waals surface area contributed by atoms with Crippen LogP contribution in [0.15, 0.2) is 17.3 Å². The summed E-state index contributed by atoms with van der Waals surface area (Å²) < 4.78 is 3.62. The molecule has 0 N–H and O–H groups in total. The average molecular weight is 324 g/mol. The number of pyridine rings is 2. The zero-order valence-electron chi connectivity index (χ0n) is 15.4. The Kier molecular flexibility index (Phi) is 3.82. The second-order valence-electron chi connectivity index (χ2n) is 6.85. The molecular weight excluding hydrogens is 300 g/mol. The van der Waals surface area contributed by atoms with Crippen molar-refractivity contribution >= 4 is 5.65 Å². The summed E-state index contributed by atoms with van der Waals surface area (Å²) in [4.78, 5) is 16.9. The molecule has 24 heavy (non-hydrogen) atoms. The van der Waals surface area contributed by atoms with Gasteiger partial charge in [-0.1, -0.05) is 13.8 Å². The first-order valence-electron chi connectivity index (χ1n) is 8.25. The molecule has 0 aromatic carbocycles. The molecule has 0 amide bonds. The van der Waals surface area contributed by atoms with Gasteiger partial charge in [-0.25, -0.2) is 9.50 Å². The first-order chi connectivity index (χ1) is 11.3. The van der Waals surface area contributed by atoms with Crippen LogP contribution in [0.5, 0.6) is 0 Å². The molecule has 126 valence electrons. The highest BCUT2D eigenvalue weighted by atomic mass is 16.1. The zero-order chi connectivity index (χ0) is 17.8. The molecule has 0 spiro atoms. The highest BCUT2D eigenvalue weighted by molar-refractivity contribution is 5.76. The van der Waals surface area contributed by atoms with Crippen molar-refractivity contribution in [3.8, 4) is 11.1 Å². The molecule has 0 atom stereocenters. The molecule has 3 aromatic rings. The fourth-order valence-corrected chi connectivity index (χ4v) is 3.54. The van der Waals surface area contributed by atoms with Crippen molar-refractivity contribution in [2.45, 2.75) is 47.5 Å². The molecule has 3 rings (SSSR count). The Morgan fingerprint density at radius 1 is 1.00 bits per heavy atom. The molecular formula is C19H24N4O. The minimum atomic E-state index is 0.0798.